The number of hydrogen-bond donors (Lipinski definition) is 1. The minimum Gasteiger partial charge on any atom is -0.490 e. The molecule has 2 saturated heterocycles. The zero-order valence-corrected chi connectivity index (χ0v) is 17.9. The van der Waals surface area contributed by atoms with E-state index < -0.39 is 18.5 Å². The number of carbonyl (C=O) groups excluding carboxylic acids is 2. The molecular weight excluding hydrogens is 437 g/mol. The van der Waals surface area contributed by atoms with Gasteiger partial charge in [0.05, 0.1) is 17.8 Å². The number of carbonyl (C=O) groups is 2. The van der Waals surface area contributed by atoms with Crippen molar-refractivity contribution in [2.75, 3.05) is 31.1 Å². The first-order valence-corrected chi connectivity index (χ1v) is 10.9. The molecule has 4 rings (SSSR count). The molecule has 1 aromatic heterocycles. The maximum Gasteiger partial charge on any atom is 0.397 e. The number of halogens is 3. The summed E-state index contributed by atoms with van der Waals surface area (Å²) in [5.74, 6) is -0.396. The van der Waals surface area contributed by atoms with Crippen LogP contribution in [-0.2, 0) is 9.59 Å². The van der Waals surface area contributed by atoms with E-state index in [9.17, 15) is 22.8 Å². The van der Waals surface area contributed by atoms with E-state index in [2.05, 4.69) is 10.3 Å². The molecule has 2 amide bonds. The zero-order valence-electron chi connectivity index (χ0n) is 17.9. The number of alkyl halides is 3. The standard InChI is InChI=1S/C23H25F3N4O3/c24-23(25,26)12-21(31)29-10-7-20(8-11-29)33-19-5-3-17(4-6-19)30(18-2-1-9-27-15-18)22(32)16-13-28-14-16/h1-6,9,15-16,20,28H,7-8,10-14H2. The van der Waals surface area contributed by atoms with Gasteiger partial charge in [-0.15, -0.1) is 0 Å². The van der Waals surface area contributed by atoms with Gasteiger partial charge in [0.15, 0.2) is 0 Å². The lowest BCUT2D eigenvalue weighted by molar-refractivity contribution is -0.162. The molecule has 0 atom stereocenters. The monoisotopic (exact) mass is 462 g/mol. The Kier molecular flexibility index (Phi) is 6.83. The van der Waals surface area contributed by atoms with Crippen molar-refractivity contribution in [1.82, 2.24) is 15.2 Å². The lowest BCUT2D eigenvalue weighted by Crippen LogP contribution is -2.51. The molecule has 2 aromatic rings. The molecule has 2 aliphatic heterocycles. The molecule has 1 aromatic carbocycles. The van der Waals surface area contributed by atoms with Crippen LogP contribution in [-0.4, -0.2) is 60.2 Å². The summed E-state index contributed by atoms with van der Waals surface area (Å²) in [5, 5.41) is 3.11. The van der Waals surface area contributed by atoms with Crippen LogP contribution in [0.4, 0.5) is 24.5 Å². The summed E-state index contributed by atoms with van der Waals surface area (Å²) in [6.07, 6.45) is -1.91. The van der Waals surface area contributed by atoms with Crippen LogP contribution in [0.5, 0.6) is 5.75 Å². The topological polar surface area (TPSA) is 74.8 Å². The normalized spacial score (nSPS) is 17.4. The Bertz CT molecular complexity index is 957. The highest BCUT2D eigenvalue weighted by Gasteiger charge is 2.35. The van der Waals surface area contributed by atoms with E-state index in [1.807, 2.05) is 6.07 Å². The molecule has 2 fully saturated rings. The van der Waals surface area contributed by atoms with Gasteiger partial charge in [0.1, 0.15) is 18.3 Å². The van der Waals surface area contributed by atoms with Crippen LogP contribution in [0.2, 0.25) is 0 Å². The Morgan fingerprint density at radius 3 is 2.33 bits per heavy atom. The third-order valence-corrected chi connectivity index (χ3v) is 5.80. The van der Waals surface area contributed by atoms with Crippen molar-refractivity contribution < 1.29 is 27.5 Å². The largest absolute Gasteiger partial charge is 0.490 e. The van der Waals surface area contributed by atoms with E-state index in [4.69, 9.17) is 4.74 Å². The number of nitrogens with one attached hydrogen (secondary N) is 1. The van der Waals surface area contributed by atoms with Crippen LogP contribution in [0.1, 0.15) is 19.3 Å². The first-order chi connectivity index (χ1) is 15.8. The number of hydrogen-bond acceptors (Lipinski definition) is 5. The first kappa shape index (κ1) is 23.0. The maximum absolute atomic E-state index is 13.0. The van der Waals surface area contributed by atoms with Crippen molar-refractivity contribution in [2.45, 2.75) is 31.5 Å². The fraction of sp³-hybridized carbons (Fsp3) is 0.435. The van der Waals surface area contributed by atoms with Crippen LogP contribution >= 0.6 is 0 Å². The summed E-state index contributed by atoms with van der Waals surface area (Å²) >= 11 is 0. The second kappa shape index (κ2) is 9.78. The number of likely N-dealkylation sites (tertiary alicyclic amines) is 1. The van der Waals surface area contributed by atoms with Crippen molar-refractivity contribution in [3.63, 3.8) is 0 Å². The molecule has 10 heteroatoms. The van der Waals surface area contributed by atoms with Gasteiger partial charge in [-0.3, -0.25) is 19.5 Å². The number of anilines is 2. The van der Waals surface area contributed by atoms with E-state index in [1.54, 1.807) is 47.6 Å². The SMILES string of the molecule is O=C(CC(F)(F)F)N1CCC(Oc2ccc(N(C(=O)C3CNC3)c3cccnc3)cc2)CC1. The summed E-state index contributed by atoms with van der Waals surface area (Å²) in [6.45, 7) is 1.74. The number of nitrogens with zero attached hydrogens (tertiary/aromatic N) is 3. The summed E-state index contributed by atoms with van der Waals surface area (Å²) in [4.78, 5) is 31.8. The van der Waals surface area contributed by atoms with Crippen molar-refractivity contribution >= 4 is 23.2 Å². The van der Waals surface area contributed by atoms with Gasteiger partial charge in [0.25, 0.3) is 0 Å². The Morgan fingerprint density at radius 2 is 1.79 bits per heavy atom. The zero-order chi connectivity index (χ0) is 23.4. The molecule has 0 aliphatic carbocycles. The fourth-order valence-corrected chi connectivity index (χ4v) is 3.91. The number of benzene rings is 1. The lowest BCUT2D eigenvalue weighted by Gasteiger charge is -2.33. The van der Waals surface area contributed by atoms with E-state index in [1.165, 1.54) is 4.90 Å². The first-order valence-electron chi connectivity index (χ1n) is 10.9. The summed E-state index contributed by atoms with van der Waals surface area (Å²) in [7, 11) is 0. The minimum atomic E-state index is -4.49. The summed E-state index contributed by atoms with van der Waals surface area (Å²) in [5.41, 5.74) is 1.37. The Labute approximate surface area is 189 Å². The number of piperidine rings is 1. The Hall–Kier alpha value is -3.14. The van der Waals surface area contributed by atoms with Gasteiger partial charge in [-0.2, -0.15) is 13.2 Å². The van der Waals surface area contributed by atoms with Crippen LogP contribution in [0.15, 0.2) is 48.8 Å². The second-order valence-electron chi connectivity index (χ2n) is 8.22. The number of rotatable bonds is 6. The number of pyridine rings is 1. The molecule has 2 aliphatic rings. The van der Waals surface area contributed by atoms with Crippen LogP contribution < -0.4 is 15.0 Å². The highest BCUT2D eigenvalue weighted by molar-refractivity contribution is 6.02. The highest BCUT2D eigenvalue weighted by atomic mass is 19.4. The molecule has 0 saturated carbocycles. The number of ether oxygens (including phenoxy) is 1. The van der Waals surface area contributed by atoms with E-state index >= 15 is 0 Å². The van der Waals surface area contributed by atoms with Crippen LogP contribution in [0, 0.1) is 5.92 Å². The number of amides is 2. The van der Waals surface area contributed by atoms with Gasteiger partial charge in [0.2, 0.25) is 11.8 Å². The Balaban J connectivity index is 1.38. The van der Waals surface area contributed by atoms with Gasteiger partial charge in [-0.25, -0.2) is 0 Å². The van der Waals surface area contributed by atoms with E-state index in [0.717, 1.165) is 0 Å². The molecule has 0 unspecified atom stereocenters. The van der Waals surface area contributed by atoms with Crippen molar-refractivity contribution in [3.8, 4) is 5.75 Å². The lowest BCUT2D eigenvalue weighted by atomic mass is 10.0. The second-order valence-corrected chi connectivity index (χ2v) is 8.22. The van der Waals surface area contributed by atoms with Crippen LogP contribution in [0.3, 0.4) is 0 Å². The predicted molar refractivity (Wildman–Crippen MR) is 115 cm³/mol. The average molecular weight is 462 g/mol. The van der Waals surface area contributed by atoms with Gasteiger partial charge in [0, 0.05) is 50.9 Å². The summed E-state index contributed by atoms with van der Waals surface area (Å²) in [6, 6.07) is 10.7. The molecule has 33 heavy (non-hydrogen) atoms. The molecule has 176 valence electrons. The molecule has 3 heterocycles. The van der Waals surface area contributed by atoms with Crippen molar-refractivity contribution in [1.29, 1.82) is 0 Å². The van der Waals surface area contributed by atoms with Crippen molar-refractivity contribution in [2.24, 2.45) is 5.92 Å². The molecular formula is C23H25F3N4O3. The quantitative estimate of drug-likeness (QED) is 0.713. The molecule has 7 nitrogen and oxygen atoms in total. The van der Waals surface area contributed by atoms with E-state index in [0.29, 0.717) is 43.1 Å². The maximum atomic E-state index is 13.0. The third kappa shape index (κ3) is 5.81. The highest BCUT2D eigenvalue weighted by Crippen LogP contribution is 2.30. The molecule has 0 spiro atoms. The van der Waals surface area contributed by atoms with Gasteiger partial charge < -0.3 is 15.0 Å². The van der Waals surface area contributed by atoms with Crippen molar-refractivity contribution in [3.05, 3.63) is 48.8 Å². The third-order valence-electron chi connectivity index (χ3n) is 5.80. The molecule has 1 N–H and O–H groups in total. The molecule has 0 radical (unpaired) electrons. The van der Waals surface area contributed by atoms with Gasteiger partial charge in [-0.05, 0) is 36.4 Å². The Morgan fingerprint density at radius 1 is 1.09 bits per heavy atom. The minimum absolute atomic E-state index is 0.00804. The van der Waals surface area contributed by atoms with Gasteiger partial charge in [-0.1, -0.05) is 0 Å². The fourth-order valence-electron chi connectivity index (χ4n) is 3.91. The van der Waals surface area contributed by atoms with E-state index in [-0.39, 0.29) is 31.0 Å². The average Bonchev–Trinajstić information content (AvgIpc) is 2.74. The summed E-state index contributed by atoms with van der Waals surface area (Å²) < 4.78 is 43.3. The van der Waals surface area contributed by atoms with Crippen LogP contribution in [0.25, 0.3) is 0 Å². The predicted octanol–water partition coefficient (Wildman–Crippen LogP) is 3.29. The molecule has 0 bridgehead atoms. The smallest absolute Gasteiger partial charge is 0.397 e. The number of aromatic nitrogens is 1. The van der Waals surface area contributed by atoms with Gasteiger partial charge >= 0.3 is 6.18 Å².